The molecule has 2 heteroatoms. The van der Waals surface area contributed by atoms with E-state index in [1.165, 1.54) is 44.6 Å². The predicted molar refractivity (Wildman–Crippen MR) is 112 cm³/mol. The Morgan fingerprint density at radius 3 is 1.55 bits per heavy atom. The van der Waals surface area contributed by atoms with E-state index in [0.29, 0.717) is 0 Å². The van der Waals surface area contributed by atoms with Gasteiger partial charge >= 0.3 is 148 Å². The first-order valence-electron chi connectivity index (χ1n) is 9.94. The van der Waals surface area contributed by atoms with Gasteiger partial charge in [-0.15, -0.1) is 0 Å². The van der Waals surface area contributed by atoms with E-state index >= 15 is 0 Å². The van der Waals surface area contributed by atoms with Crippen LogP contribution in [0.4, 0.5) is 0 Å². The Labute approximate surface area is 147 Å². The van der Waals surface area contributed by atoms with Gasteiger partial charge in [0.15, 0.2) is 0 Å². The second-order valence-corrected chi connectivity index (χ2v) is 28.2. The molecule has 0 saturated heterocycles. The number of rotatable bonds is 13. The van der Waals surface area contributed by atoms with Crippen molar-refractivity contribution < 1.29 is 0 Å². The fourth-order valence-electron chi connectivity index (χ4n) is 3.44. The van der Waals surface area contributed by atoms with Crippen molar-refractivity contribution in [3.8, 4) is 0 Å². The van der Waals surface area contributed by atoms with Crippen LogP contribution in [0.2, 0.25) is 43.4 Å². The Hall–Kier alpha value is 0.756. The molecule has 0 radical (unpaired) electrons. The van der Waals surface area contributed by atoms with Gasteiger partial charge in [0, 0.05) is 0 Å². The zero-order valence-electron chi connectivity index (χ0n) is 16.9. The maximum absolute atomic E-state index is 2.64. The molecule has 0 rings (SSSR count). The third kappa shape index (κ3) is 11.3. The van der Waals surface area contributed by atoms with Gasteiger partial charge in [-0.25, -0.2) is 0 Å². The summed E-state index contributed by atoms with van der Waals surface area (Å²) >= 11 is -1.93. The van der Waals surface area contributed by atoms with Crippen molar-refractivity contribution in [1.82, 2.24) is 0 Å². The Bertz CT molecular complexity index is 280. The summed E-state index contributed by atoms with van der Waals surface area (Å²) in [5, 5.41) is 0. The topological polar surface area (TPSA) is 0 Å². The molecule has 0 aliphatic heterocycles. The fourth-order valence-corrected chi connectivity index (χ4v) is 21.3. The molecule has 0 heterocycles. The van der Waals surface area contributed by atoms with Crippen LogP contribution in [0.15, 0.2) is 11.6 Å². The minimum atomic E-state index is -1.93. The maximum atomic E-state index is 2.64. The van der Waals surface area contributed by atoms with Crippen LogP contribution in [-0.2, 0) is 0 Å². The van der Waals surface area contributed by atoms with Gasteiger partial charge in [-0.1, -0.05) is 0 Å². The summed E-state index contributed by atoms with van der Waals surface area (Å²) < 4.78 is 6.54. The zero-order chi connectivity index (χ0) is 17.1. The number of hydrogen-bond acceptors (Lipinski definition) is 0. The second-order valence-electron chi connectivity index (χ2n) is 8.80. The van der Waals surface area contributed by atoms with Gasteiger partial charge in [0.05, 0.1) is 0 Å². The SMILES string of the molecule is CCC[CH2][Sn]([CH2]CCC)([CH2]CCC)[CH2]/C(C)=C/C[Si](C)(C)C. The van der Waals surface area contributed by atoms with E-state index in [1.54, 1.807) is 23.3 Å². The molecule has 0 unspecified atom stereocenters. The standard InChI is InChI=1S/C8H17Si.3C4H9.Sn/c1-8(2)6-7-9(3,4)5;3*1-3-4-2;/h6H,1,7H2,2-5H3;3*1,3-4H2,2H3;/b8-6-;;;;. The van der Waals surface area contributed by atoms with E-state index in [1.807, 2.05) is 0 Å². The molecule has 0 amide bonds. The molecule has 0 aliphatic rings. The van der Waals surface area contributed by atoms with Gasteiger partial charge < -0.3 is 0 Å². The first-order chi connectivity index (χ1) is 10.3. The zero-order valence-corrected chi connectivity index (χ0v) is 20.7. The average Bonchev–Trinajstić information content (AvgIpc) is 2.46. The molecule has 0 saturated carbocycles. The molecule has 0 aromatic carbocycles. The van der Waals surface area contributed by atoms with Crippen LogP contribution in [0, 0.1) is 0 Å². The Kier molecular flexibility index (Phi) is 12.6. The average molecular weight is 431 g/mol. The van der Waals surface area contributed by atoms with E-state index in [2.05, 4.69) is 53.4 Å². The first kappa shape index (κ1) is 22.8. The van der Waals surface area contributed by atoms with E-state index in [0.717, 1.165) is 0 Å². The minimum absolute atomic E-state index is 0.925. The number of allylic oxidation sites excluding steroid dienone is 2. The van der Waals surface area contributed by atoms with E-state index in [4.69, 9.17) is 0 Å². The van der Waals surface area contributed by atoms with Crippen molar-refractivity contribution in [2.45, 2.75) is 110 Å². The van der Waals surface area contributed by atoms with Gasteiger partial charge in [0.2, 0.25) is 0 Å². The Morgan fingerprint density at radius 1 is 0.818 bits per heavy atom. The van der Waals surface area contributed by atoms with Gasteiger partial charge in [-0.3, -0.25) is 0 Å². The summed E-state index contributed by atoms with van der Waals surface area (Å²) in [5.41, 5.74) is 1.77. The Balaban J connectivity index is 4.97. The van der Waals surface area contributed by atoms with Crippen LogP contribution in [0.3, 0.4) is 0 Å². The van der Waals surface area contributed by atoms with Gasteiger partial charge in [-0.05, 0) is 0 Å². The number of unbranched alkanes of at least 4 members (excludes halogenated alkanes) is 3. The summed E-state index contributed by atoms with van der Waals surface area (Å²) in [6.45, 7) is 17.1. The second kappa shape index (κ2) is 12.2. The summed E-state index contributed by atoms with van der Waals surface area (Å²) in [7, 11) is -0.925. The first-order valence-corrected chi connectivity index (χ1v) is 21.7. The molecule has 0 nitrogen and oxygen atoms in total. The molecule has 0 N–H and O–H groups in total. The molecule has 0 aliphatic carbocycles. The molecular weight excluding hydrogens is 387 g/mol. The van der Waals surface area contributed by atoms with Gasteiger partial charge in [0.25, 0.3) is 0 Å². The van der Waals surface area contributed by atoms with Crippen LogP contribution < -0.4 is 0 Å². The van der Waals surface area contributed by atoms with Crippen LogP contribution >= 0.6 is 0 Å². The predicted octanol–water partition coefficient (Wildman–Crippen LogP) is 8.12. The summed E-state index contributed by atoms with van der Waals surface area (Å²) in [4.78, 5) is 0. The van der Waals surface area contributed by atoms with Crippen LogP contribution in [0.5, 0.6) is 0 Å². The number of hydrogen-bond donors (Lipinski definition) is 0. The molecule has 22 heavy (non-hydrogen) atoms. The quantitative estimate of drug-likeness (QED) is 0.204. The monoisotopic (exact) mass is 432 g/mol. The third-order valence-electron chi connectivity index (χ3n) is 4.90. The van der Waals surface area contributed by atoms with E-state index < -0.39 is 26.5 Å². The van der Waals surface area contributed by atoms with E-state index in [9.17, 15) is 0 Å². The van der Waals surface area contributed by atoms with Crippen molar-refractivity contribution in [2.75, 3.05) is 0 Å². The molecule has 132 valence electrons. The summed E-state index contributed by atoms with van der Waals surface area (Å²) in [6, 6.07) is 1.39. The van der Waals surface area contributed by atoms with Crippen molar-refractivity contribution in [2.24, 2.45) is 0 Å². The van der Waals surface area contributed by atoms with Crippen LogP contribution in [0.25, 0.3) is 0 Å². The third-order valence-corrected chi connectivity index (χ3v) is 22.2. The normalized spacial score (nSPS) is 13.7. The molecule has 0 aromatic rings. The molecule has 0 atom stereocenters. The van der Waals surface area contributed by atoms with Crippen LogP contribution in [-0.4, -0.2) is 26.5 Å². The summed E-state index contributed by atoms with van der Waals surface area (Å²) in [6.07, 6.45) is 11.3. The van der Waals surface area contributed by atoms with Crippen molar-refractivity contribution in [3.63, 3.8) is 0 Å². The van der Waals surface area contributed by atoms with Gasteiger partial charge in [0.1, 0.15) is 0 Å². The van der Waals surface area contributed by atoms with Crippen LogP contribution in [0.1, 0.15) is 66.2 Å². The van der Waals surface area contributed by atoms with E-state index in [-0.39, 0.29) is 0 Å². The molecular formula is C20H44SiSn. The molecule has 0 aromatic heterocycles. The Morgan fingerprint density at radius 2 is 1.23 bits per heavy atom. The molecule has 0 fully saturated rings. The van der Waals surface area contributed by atoms with Crippen molar-refractivity contribution in [1.29, 1.82) is 0 Å². The van der Waals surface area contributed by atoms with Gasteiger partial charge in [-0.2, -0.15) is 0 Å². The summed E-state index contributed by atoms with van der Waals surface area (Å²) in [5.74, 6) is 0. The molecule has 0 spiro atoms. The van der Waals surface area contributed by atoms with Crippen molar-refractivity contribution in [3.05, 3.63) is 11.6 Å². The molecule has 0 bridgehead atoms. The van der Waals surface area contributed by atoms with Crippen molar-refractivity contribution >= 4 is 26.5 Å². The fraction of sp³-hybridized carbons (Fsp3) is 0.900.